The molecule has 2 N–H and O–H groups in total. The number of hydrogen-bond acceptors (Lipinski definition) is 5. The molecular weight excluding hydrogens is 554 g/mol. The normalized spacial score (nSPS) is 12.3. The third kappa shape index (κ3) is 5.90. The van der Waals surface area contributed by atoms with Gasteiger partial charge in [0.2, 0.25) is 0 Å². The molecule has 39 heavy (non-hydrogen) atoms. The maximum Gasteiger partial charge on any atom is 0.308 e. The van der Waals surface area contributed by atoms with Crippen LogP contribution in [-0.4, -0.2) is 18.9 Å². The molecule has 0 unspecified atom stereocenters. The Balaban J connectivity index is 1.39. The van der Waals surface area contributed by atoms with Crippen molar-refractivity contribution < 1.29 is 13.2 Å². The van der Waals surface area contributed by atoms with E-state index in [0.717, 1.165) is 22.5 Å². The van der Waals surface area contributed by atoms with Gasteiger partial charge in [-0.1, -0.05) is 77.5 Å². The van der Waals surface area contributed by atoms with Crippen LogP contribution in [0.1, 0.15) is 34.5 Å². The van der Waals surface area contributed by atoms with E-state index in [0.29, 0.717) is 21.8 Å². The Morgan fingerprint density at radius 1 is 0.949 bits per heavy atom. The van der Waals surface area contributed by atoms with Crippen LogP contribution in [0, 0.1) is 0 Å². The van der Waals surface area contributed by atoms with E-state index in [1.54, 1.807) is 47.0 Å². The summed E-state index contributed by atoms with van der Waals surface area (Å²) in [7, 11) is -4.06. The highest BCUT2D eigenvalue weighted by atomic mass is 35.5. The van der Waals surface area contributed by atoms with Crippen LogP contribution in [0.4, 0.5) is 5.69 Å². The lowest BCUT2D eigenvalue weighted by molar-refractivity contribution is 0.0941. The lowest BCUT2D eigenvalue weighted by Gasteiger charge is -2.17. The molecule has 1 aromatic heterocycles. The molecule has 5 rings (SSSR count). The Morgan fingerprint density at radius 3 is 2.38 bits per heavy atom. The highest BCUT2D eigenvalue weighted by molar-refractivity contribution is 7.92. The largest absolute Gasteiger partial charge is 0.345 e. The minimum Gasteiger partial charge on any atom is -0.345 e. The second-order valence-corrected chi connectivity index (χ2v) is 12.1. The minimum atomic E-state index is -4.06. The highest BCUT2D eigenvalue weighted by Crippen LogP contribution is 2.26. The first-order valence-corrected chi connectivity index (χ1v) is 14.7. The Bertz CT molecular complexity index is 1820. The minimum absolute atomic E-state index is 0.0113. The third-order valence-corrected chi connectivity index (χ3v) is 8.82. The fourth-order valence-corrected chi connectivity index (χ4v) is 6.45. The second kappa shape index (κ2) is 11.1. The zero-order valence-electron chi connectivity index (χ0n) is 20.8. The number of nitrogens with zero attached hydrogens (tertiary/aromatic N) is 1. The van der Waals surface area contributed by atoms with Gasteiger partial charge in [0.05, 0.1) is 38.9 Å². The fraction of sp³-hybridized carbons (Fsp3) is 0.103. The molecule has 10 heteroatoms. The van der Waals surface area contributed by atoms with Crippen LogP contribution in [0.5, 0.6) is 0 Å². The van der Waals surface area contributed by atoms with E-state index in [1.807, 2.05) is 49.4 Å². The van der Waals surface area contributed by atoms with Crippen LogP contribution in [0.2, 0.25) is 5.02 Å². The number of thiazole rings is 1. The van der Waals surface area contributed by atoms with Crippen molar-refractivity contribution in [1.82, 2.24) is 9.88 Å². The Hall–Kier alpha value is -3.92. The van der Waals surface area contributed by atoms with Gasteiger partial charge in [-0.25, -0.2) is 8.42 Å². The van der Waals surface area contributed by atoms with E-state index in [4.69, 9.17) is 11.6 Å². The van der Waals surface area contributed by atoms with Crippen molar-refractivity contribution in [3.8, 4) is 0 Å². The predicted molar refractivity (Wildman–Crippen MR) is 156 cm³/mol. The molecule has 0 radical (unpaired) electrons. The van der Waals surface area contributed by atoms with Crippen LogP contribution < -0.4 is 14.9 Å². The summed E-state index contributed by atoms with van der Waals surface area (Å²) in [6.07, 6.45) is 0. The quantitative estimate of drug-likeness (QED) is 0.234. The molecule has 0 bridgehead atoms. The van der Waals surface area contributed by atoms with Gasteiger partial charge in [0.1, 0.15) is 0 Å². The summed E-state index contributed by atoms with van der Waals surface area (Å²) in [5.74, 6) is -0.405. The van der Waals surface area contributed by atoms with Gasteiger partial charge < -0.3 is 5.32 Å². The van der Waals surface area contributed by atoms with Crippen molar-refractivity contribution in [2.75, 3.05) is 4.72 Å². The summed E-state index contributed by atoms with van der Waals surface area (Å²) in [5, 5.41) is 3.52. The third-order valence-electron chi connectivity index (χ3n) is 6.27. The van der Waals surface area contributed by atoms with Crippen molar-refractivity contribution in [2.45, 2.75) is 24.4 Å². The number of halogens is 1. The van der Waals surface area contributed by atoms with Crippen molar-refractivity contribution >= 4 is 54.8 Å². The number of carbonyl (C=O) groups is 1. The topological polar surface area (TPSA) is 97.3 Å². The second-order valence-electron chi connectivity index (χ2n) is 8.97. The van der Waals surface area contributed by atoms with Crippen LogP contribution in [0.25, 0.3) is 10.2 Å². The summed E-state index contributed by atoms with van der Waals surface area (Å²) in [6, 6.07) is 27.4. The number of fused-ring (bicyclic) bond motifs is 1. The number of para-hydroxylation sites is 1. The number of anilines is 1. The smallest absolute Gasteiger partial charge is 0.308 e. The van der Waals surface area contributed by atoms with E-state index in [1.165, 1.54) is 12.1 Å². The van der Waals surface area contributed by atoms with Gasteiger partial charge in [-0.05, 0) is 60.5 Å². The zero-order valence-corrected chi connectivity index (χ0v) is 23.2. The van der Waals surface area contributed by atoms with Gasteiger partial charge in [0, 0.05) is 5.02 Å². The van der Waals surface area contributed by atoms with Crippen LogP contribution in [-0.2, 0) is 16.6 Å². The Morgan fingerprint density at radius 2 is 1.64 bits per heavy atom. The average molecular weight is 578 g/mol. The molecule has 1 amide bonds. The Labute approximate surface area is 234 Å². The van der Waals surface area contributed by atoms with Crippen molar-refractivity contribution in [3.05, 3.63) is 128 Å². The molecule has 0 saturated heterocycles. The lowest BCUT2D eigenvalue weighted by Crippen LogP contribution is -2.28. The molecule has 5 aromatic rings. The summed E-state index contributed by atoms with van der Waals surface area (Å²) >= 11 is 6.94. The van der Waals surface area contributed by atoms with Crippen LogP contribution in [0.15, 0.2) is 107 Å². The molecule has 198 valence electrons. The molecule has 0 fully saturated rings. The zero-order chi connectivity index (χ0) is 27.6. The molecule has 1 heterocycles. The van der Waals surface area contributed by atoms with Crippen LogP contribution >= 0.6 is 22.9 Å². The van der Waals surface area contributed by atoms with E-state index in [9.17, 15) is 18.0 Å². The number of rotatable bonds is 8. The lowest BCUT2D eigenvalue weighted by atomic mass is 10.1. The molecule has 0 saturated carbocycles. The molecule has 0 aliphatic heterocycles. The first-order chi connectivity index (χ1) is 18.7. The first kappa shape index (κ1) is 26.7. The molecule has 0 spiro atoms. The number of benzene rings is 4. The predicted octanol–water partition coefficient (Wildman–Crippen LogP) is 6.06. The number of carbonyl (C=O) groups excluding carboxylic acids is 1. The number of amides is 1. The van der Waals surface area contributed by atoms with E-state index < -0.39 is 15.9 Å². The molecule has 0 aliphatic carbocycles. The molecular formula is C29H24ClN3O4S2. The number of aromatic nitrogens is 1. The maximum absolute atomic E-state index is 13.3. The summed E-state index contributed by atoms with van der Waals surface area (Å²) in [6.45, 7) is 2.20. The fourth-order valence-electron chi connectivity index (χ4n) is 4.21. The summed E-state index contributed by atoms with van der Waals surface area (Å²) in [4.78, 5) is 25.6. The van der Waals surface area contributed by atoms with E-state index >= 15 is 0 Å². The van der Waals surface area contributed by atoms with Crippen LogP contribution in [0.3, 0.4) is 0 Å². The van der Waals surface area contributed by atoms with E-state index in [-0.39, 0.29) is 27.1 Å². The molecule has 4 aromatic carbocycles. The Kier molecular flexibility index (Phi) is 7.56. The van der Waals surface area contributed by atoms with Gasteiger partial charge in [-0.15, -0.1) is 0 Å². The number of nitrogens with one attached hydrogen (secondary N) is 2. The van der Waals surface area contributed by atoms with Gasteiger partial charge in [-0.3, -0.25) is 18.9 Å². The van der Waals surface area contributed by atoms with Gasteiger partial charge in [-0.2, -0.15) is 0 Å². The first-order valence-electron chi connectivity index (χ1n) is 12.1. The molecule has 1 atom stereocenters. The van der Waals surface area contributed by atoms with Gasteiger partial charge in [0.25, 0.3) is 15.9 Å². The SMILES string of the molecule is C[C@@H](NC(=O)c1ccccc1NS(=O)(=O)c1ccc2c(c1)sc(=O)n2Cc1ccc(Cl)cc1)c1ccccc1. The van der Waals surface area contributed by atoms with Gasteiger partial charge >= 0.3 is 4.87 Å². The van der Waals surface area contributed by atoms with E-state index in [2.05, 4.69) is 10.0 Å². The summed E-state index contributed by atoms with van der Waals surface area (Å²) < 4.78 is 31.4. The number of hydrogen-bond donors (Lipinski definition) is 2. The van der Waals surface area contributed by atoms with Crippen molar-refractivity contribution in [1.29, 1.82) is 0 Å². The molecule has 0 aliphatic rings. The highest BCUT2D eigenvalue weighted by Gasteiger charge is 2.21. The van der Waals surface area contributed by atoms with Gasteiger partial charge in [0.15, 0.2) is 0 Å². The average Bonchev–Trinajstić information content (AvgIpc) is 3.24. The monoisotopic (exact) mass is 577 g/mol. The molecule has 7 nitrogen and oxygen atoms in total. The maximum atomic E-state index is 13.3. The standard InChI is InChI=1S/C29H24ClN3O4S2/c1-19(21-7-3-2-4-8-21)31-28(34)24-9-5-6-10-25(24)32-39(36,37)23-15-16-26-27(17-23)38-29(35)33(26)18-20-11-13-22(30)14-12-20/h2-17,19,32H,18H2,1H3,(H,31,34)/t19-/m1/s1. The van der Waals surface area contributed by atoms with Crippen molar-refractivity contribution in [2.24, 2.45) is 0 Å². The number of sulfonamides is 1. The van der Waals surface area contributed by atoms with Crippen molar-refractivity contribution in [3.63, 3.8) is 0 Å². The summed E-state index contributed by atoms with van der Waals surface area (Å²) in [5.41, 5.74) is 2.82.